The highest BCUT2D eigenvalue weighted by Crippen LogP contribution is 2.20. The van der Waals surface area contributed by atoms with Gasteiger partial charge in [0.1, 0.15) is 0 Å². The lowest BCUT2D eigenvalue weighted by molar-refractivity contribution is 0.584. The normalized spacial score (nSPS) is 11.1. The van der Waals surface area contributed by atoms with E-state index in [4.69, 9.17) is 16.9 Å². The summed E-state index contributed by atoms with van der Waals surface area (Å²) in [7, 11) is -3.54. The Morgan fingerprint density at radius 2 is 1.73 bits per heavy atom. The number of nitrogens with zero attached hydrogens (tertiary/aromatic N) is 1. The Kier molecular flexibility index (Phi) is 5.86. The number of benzene rings is 2. The van der Waals surface area contributed by atoms with Gasteiger partial charge in [0.2, 0.25) is 10.0 Å². The molecule has 0 saturated carbocycles. The second-order valence-corrected chi connectivity index (χ2v) is 7.71. The summed E-state index contributed by atoms with van der Waals surface area (Å²) < 4.78 is 26.7. The molecule has 114 valence electrons. The molecular formula is C15H13ClN2O2S2. The molecule has 0 aliphatic rings. The van der Waals surface area contributed by atoms with Gasteiger partial charge in [0, 0.05) is 22.2 Å². The number of nitrogens with one attached hydrogen (secondary N) is 1. The summed E-state index contributed by atoms with van der Waals surface area (Å²) in [6, 6.07) is 15.1. The van der Waals surface area contributed by atoms with E-state index in [0.29, 0.717) is 22.9 Å². The molecule has 4 nitrogen and oxygen atoms in total. The summed E-state index contributed by atoms with van der Waals surface area (Å²) in [5.74, 6) is 0.608. The minimum Gasteiger partial charge on any atom is -0.210 e. The van der Waals surface area contributed by atoms with Crippen LogP contribution >= 0.6 is 23.4 Å². The van der Waals surface area contributed by atoms with Crippen LogP contribution in [0.4, 0.5) is 0 Å². The molecule has 0 unspecified atom stereocenters. The zero-order valence-corrected chi connectivity index (χ0v) is 13.9. The molecule has 0 bridgehead atoms. The number of hydrogen-bond donors (Lipinski definition) is 1. The molecule has 0 fully saturated rings. The molecule has 2 rings (SSSR count). The van der Waals surface area contributed by atoms with Crippen LogP contribution in [0.3, 0.4) is 0 Å². The molecule has 2 aromatic rings. The van der Waals surface area contributed by atoms with Gasteiger partial charge in [0.25, 0.3) is 0 Å². The Hall–Kier alpha value is -1.52. The van der Waals surface area contributed by atoms with E-state index in [2.05, 4.69) is 4.72 Å². The van der Waals surface area contributed by atoms with Gasteiger partial charge < -0.3 is 0 Å². The molecule has 0 aliphatic heterocycles. The first-order chi connectivity index (χ1) is 10.5. The zero-order valence-electron chi connectivity index (χ0n) is 11.5. The first-order valence-corrected chi connectivity index (χ1v) is 9.24. The fraction of sp³-hybridized carbons (Fsp3) is 0.133. The predicted octanol–water partition coefficient (Wildman–Crippen LogP) is 3.28. The van der Waals surface area contributed by atoms with E-state index in [1.54, 1.807) is 23.9 Å². The third-order valence-electron chi connectivity index (χ3n) is 2.77. The van der Waals surface area contributed by atoms with Gasteiger partial charge in [-0.3, -0.25) is 0 Å². The van der Waals surface area contributed by atoms with Crippen LogP contribution in [0, 0.1) is 11.3 Å². The predicted molar refractivity (Wildman–Crippen MR) is 88.5 cm³/mol. The Morgan fingerprint density at radius 3 is 2.32 bits per heavy atom. The van der Waals surface area contributed by atoms with Crippen LogP contribution in [0.25, 0.3) is 0 Å². The van der Waals surface area contributed by atoms with Crippen LogP contribution in [0.2, 0.25) is 5.02 Å². The molecule has 0 aliphatic carbocycles. The lowest BCUT2D eigenvalue weighted by Crippen LogP contribution is -2.26. The van der Waals surface area contributed by atoms with E-state index in [-0.39, 0.29) is 4.90 Å². The second kappa shape index (κ2) is 7.65. The SMILES string of the molecule is N#Cc1ccc(S(=O)(=O)NCCSc2ccc(Cl)cc2)cc1. The third-order valence-corrected chi connectivity index (χ3v) is 5.51. The Labute approximate surface area is 139 Å². The van der Waals surface area contributed by atoms with Crippen molar-refractivity contribution >= 4 is 33.4 Å². The maximum Gasteiger partial charge on any atom is 0.240 e. The lowest BCUT2D eigenvalue weighted by Gasteiger charge is -2.07. The lowest BCUT2D eigenvalue weighted by atomic mass is 10.2. The highest BCUT2D eigenvalue weighted by Gasteiger charge is 2.12. The molecule has 0 saturated heterocycles. The second-order valence-electron chi connectivity index (χ2n) is 4.34. The molecule has 7 heteroatoms. The van der Waals surface area contributed by atoms with Crippen LogP contribution in [-0.4, -0.2) is 20.7 Å². The number of nitriles is 1. The fourth-order valence-electron chi connectivity index (χ4n) is 1.67. The van der Waals surface area contributed by atoms with Crippen LogP contribution in [0.15, 0.2) is 58.3 Å². The smallest absolute Gasteiger partial charge is 0.210 e. The maximum absolute atomic E-state index is 12.1. The summed E-state index contributed by atoms with van der Waals surface area (Å²) in [4.78, 5) is 1.19. The largest absolute Gasteiger partial charge is 0.240 e. The van der Waals surface area contributed by atoms with Crippen molar-refractivity contribution in [3.05, 3.63) is 59.1 Å². The van der Waals surface area contributed by atoms with Gasteiger partial charge >= 0.3 is 0 Å². The van der Waals surface area contributed by atoms with Crippen molar-refractivity contribution in [2.24, 2.45) is 0 Å². The highest BCUT2D eigenvalue weighted by atomic mass is 35.5. The van der Waals surface area contributed by atoms with Gasteiger partial charge in [-0.05, 0) is 48.5 Å². The molecule has 0 heterocycles. The monoisotopic (exact) mass is 352 g/mol. The first-order valence-electron chi connectivity index (χ1n) is 6.39. The Bertz CT molecular complexity index is 767. The van der Waals surface area contributed by atoms with Gasteiger partial charge in [0.05, 0.1) is 16.5 Å². The van der Waals surface area contributed by atoms with Crippen molar-refractivity contribution in [1.82, 2.24) is 4.72 Å². The van der Waals surface area contributed by atoms with E-state index >= 15 is 0 Å². The molecule has 1 N–H and O–H groups in total. The quantitative estimate of drug-likeness (QED) is 0.639. The fourth-order valence-corrected chi connectivity index (χ4v) is 3.72. The zero-order chi connectivity index (χ0) is 16.0. The Balaban J connectivity index is 1.87. The van der Waals surface area contributed by atoms with Crippen LogP contribution < -0.4 is 4.72 Å². The molecule has 0 amide bonds. The molecule has 2 aromatic carbocycles. The van der Waals surface area contributed by atoms with E-state index in [1.165, 1.54) is 24.3 Å². The van der Waals surface area contributed by atoms with Crippen LogP contribution in [0.5, 0.6) is 0 Å². The van der Waals surface area contributed by atoms with Gasteiger partial charge in [-0.1, -0.05) is 11.6 Å². The summed E-state index contributed by atoms with van der Waals surface area (Å²) in [6.45, 7) is 0.315. The van der Waals surface area contributed by atoms with E-state index in [9.17, 15) is 8.42 Å². The Morgan fingerprint density at radius 1 is 1.09 bits per heavy atom. The topological polar surface area (TPSA) is 70.0 Å². The van der Waals surface area contributed by atoms with Gasteiger partial charge in [0.15, 0.2) is 0 Å². The van der Waals surface area contributed by atoms with E-state index in [1.807, 2.05) is 18.2 Å². The van der Waals surface area contributed by atoms with Crippen LogP contribution in [0.1, 0.15) is 5.56 Å². The van der Waals surface area contributed by atoms with Crippen molar-refractivity contribution in [2.45, 2.75) is 9.79 Å². The van der Waals surface area contributed by atoms with Crippen molar-refractivity contribution < 1.29 is 8.42 Å². The standard InChI is InChI=1S/C15H13ClN2O2S2/c16-13-3-5-14(6-4-13)21-10-9-18-22(19,20)15-7-1-12(11-17)2-8-15/h1-8,18H,9-10H2. The minimum absolute atomic E-state index is 0.156. The van der Waals surface area contributed by atoms with Gasteiger partial charge in [-0.15, -0.1) is 11.8 Å². The molecule has 0 radical (unpaired) electrons. The van der Waals surface area contributed by atoms with E-state index < -0.39 is 10.0 Å². The molecule has 0 aromatic heterocycles. The van der Waals surface area contributed by atoms with Crippen LogP contribution in [-0.2, 0) is 10.0 Å². The van der Waals surface area contributed by atoms with Crippen molar-refractivity contribution in [2.75, 3.05) is 12.3 Å². The van der Waals surface area contributed by atoms with Crippen molar-refractivity contribution in [1.29, 1.82) is 5.26 Å². The summed E-state index contributed by atoms with van der Waals surface area (Å²) in [6.07, 6.45) is 0. The number of hydrogen-bond acceptors (Lipinski definition) is 4. The molecule has 0 atom stereocenters. The average Bonchev–Trinajstić information content (AvgIpc) is 2.53. The van der Waals surface area contributed by atoms with Crippen molar-refractivity contribution in [3.8, 4) is 6.07 Å². The summed E-state index contributed by atoms with van der Waals surface area (Å²) >= 11 is 7.34. The maximum atomic E-state index is 12.1. The van der Waals surface area contributed by atoms with E-state index in [0.717, 1.165) is 4.90 Å². The summed E-state index contributed by atoms with van der Waals surface area (Å²) in [5, 5.41) is 9.38. The third kappa shape index (κ3) is 4.75. The minimum atomic E-state index is -3.54. The number of rotatable bonds is 6. The number of sulfonamides is 1. The van der Waals surface area contributed by atoms with Crippen molar-refractivity contribution in [3.63, 3.8) is 0 Å². The molecular weight excluding hydrogens is 340 g/mol. The summed E-state index contributed by atoms with van der Waals surface area (Å²) in [5.41, 5.74) is 0.428. The molecule has 0 spiro atoms. The highest BCUT2D eigenvalue weighted by molar-refractivity contribution is 7.99. The first kappa shape index (κ1) is 16.8. The van der Waals surface area contributed by atoms with Gasteiger partial charge in [-0.25, -0.2) is 13.1 Å². The average molecular weight is 353 g/mol. The molecule has 22 heavy (non-hydrogen) atoms. The van der Waals surface area contributed by atoms with Gasteiger partial charge in [-0.2, -0.15) is 5.26 Å². The number of halogens is 1. The number of thioether (sulfide) groups is 1.